The summed E-state index contributed by atoms with van der Waals surface area (Å²) in [4.78, 5) is 26.1. The number of nitrogens with zero attached hydrogens (tertiary/aromatic N) is 2. The Labute approximate surface area is 197 Å². The number of ether oxygens (including phenoxy) is 1. The van der Waals surface area contributed by atoms with E-state index in [2.05, 4.69) is 41.5 Å². The van der Waals surface area contributed by atoms with Crippen molar-refractivity contribution in [1.29, 1.82) is 0 Å². The van der Waals surface area contributed by atoms with Gasteiger partial charge in [-0.3, -0.25) is 9.59 Å². The highest BCUT2D eigenvalue weighted by atomic mass is 16.5. The van der Waals surface area contributed by atoms with Gasteiger partial charge in [0.1, 0.15) is 12.4 Å². The molecule has 3 aromatic carbocycles. The molecule has 0 N–H and O–H groups in total. The molecule has 2 amide bonds. The minimum Gasteiger partial charge on any atom is -0.489 e. The van der Waals surface area contributed by atoms with Gasteiger partial charge in [0.2, 0.25) is 0 Å². The molecule has 2 saturated carbocycles. The van der Waals surface area contributed by atoms with Crippen LogP contribution in [0.5, 0.6) is 5.75 Å². The Morgan fingerprint density at radius 3 is 2.26 bits per heavy atom. The number of amides is 2. The van der Waals surface area contributed by atoms with Crippen molar-refractivity contribution in [2.45, 2.75) is 13.0 Å². The monoisotopic (exact) mass is 448 g/mol. The molecule has 168 valence electrons. The first-order chi connectivity index (χ1) is 16.7. The summed E-state index contributed by atoms with van der Waals surface area (Å²) in [5, 5.41) is 7.82. The molecule has 1 heterocycles. The van der Waals surface area contributed by atoms with E-state index in [1.807, 2.05) is 42.5 Å². The van der Waals surface area contributed by atoms with Gasteiger partial charge < -0.3 is 4.74 Å². The van der Waals surface area contributed by atoms with Crippen LogP contribution in [0.1, 0.15) is 17.5 Å². The SMILES string of the molecule is O=C1[C@@H]2[C@@H]3C=C[C@H]([C@@H]4C[C@H]34)[C@H]2C(=O)N1/N=C\c1ccc(OCc2cccc3ccccc23)cc1. The quantitative estimate of drug-likeness (QED) is 0.320. The van der Waals surface area contributed by atoms with Crippen molar-refractivity contribution in [3.8, 4) is 5.75 Å². The zero-order valence-electron chi connectivity index (χ0n) is 18.6. The maximum absolute atomic E-state index is 13.0. The van der Waals surface area contributed by atoms with Crippen molar-refractivity contribution in [2.75, 3.05) is 0 Å². The third kappa shape index (κ3) is 2.96. The lowest BCUT2D eigenvalue weighted by molar-refractivity contribution is -0.140. The molecule has 4 aliphatic carbocycles. The molecule has 5 nitrogen and oxygen atoms in total. The number of rotatable bonds is 5. The molecule has 6 atom stereocenters. The van der Waals surface area contributed by atoms with Crippen LogP contribution in [-0.4, -0.2) is 23.0 Å². The number of hydrazone groups is 1. The lowest BCUT2D eigenvalue weighted by atomic mass is 9.63. The molecule has 3 fully saturated rings. The molecule has 0 spiro atoms. The van der Waals surface area contributed by atoms with Crippen molar-refractivity contribution in [1.82, 2.24) is 5.01 Å². The van der Waals surface area contributed by atoms with E-state index in [-0.39, 0.29) is 35.5 Å². The number of benzene rings is 3. The summed E-state index contributed by atoms with van der Waals surface area (Å²) in [6, 6.07) is 22.1. The summed E-state index contributed by atoms with van der Waals surface area (Å²) >= 11 is 0. The summed E-state index contributed by atoms with van der Waals surface area (Å²) in [5.74, 6) is 1.69. The van der Waals surface area contributed by atoms with Crippen molar-refractivity contribution >= 4 is 28.8 Å². The first-order valence-electron chi connectivity index (χ1n) is 12.0. The van der Waals surface area contributed by atoms with Crippen LogP contribution in [0.2, 0.25) is 0 Å². The van der Waals surface area contributed by atoms with Crippen LogP contribution in [0, 0.1) is 35.5 Å². The smallest absolute Gasteiger partial charge is 0.254 e. The van der Waals surface area contributed by atoms with Crippen molar-refractivity contribution in [3.63, 3.8) is 0 Å². The number of carbonyl (C=O) groups is 2. The molecule has 0 unspecified atom stereocenters. The van der Waals surface area contributed by atoms with E-state index in [0.717, 1.165) is 28.3 Å². The molecule has 2 bridgehead atoms. The number of imide groups is 1. The van der Waals surface area contributed by atoms with Gasteiger partial charge in [0.05, 0.1) is 18.1 Å². The van der Waals surface area contributed by atoms with Crippen LogP contribution in [0.3, 0.4) is 0 Å². The molecule has 1 aliphatic heterocycles. The second kappa shape index (κ2) is 7.39. The van der Waals surface area contributed by atoms with Gasteiger partial charge >= 0.3 is 0 Å². The molecule has 34 heavy (non-hydrogen) atoms. The molecule has 3 aromatic rings. The van der Waals surface area contributed by atoms with E-state index in [1.54, 1.807) is 6.21 Å². The Balaban J connectivity index is 1.04. The molecule has 8 rings (SSSR count). The second-order valence-electron chi connectivity index (χ2n) is 9.88. The minimum atomic E-state index is -0.215. The molecule has 1 saturated heterocycles. The first kappa shape index (κ1) is 19.7. The standard InChI is InChI=1S/C29H24N2O3/c32-28-26-22-12-13-23(25-14-24(22)25)27(26)29(33)31(28)30-15-17-8-10-20(11-9-17)34-16-19-6-3-5-18-4-1-2-7-21(18)19/h1-13,15,22-27H,14,16H2/b30-15-/t22-,23-,24-,25+,26-,27-/m1/s1. The number of carbonyl (C=O) groups excluding carboxylic acids is 2. The van der Waals surface area contributed by atoms with Gasteiger partial charge in [0.25, 0.3) is 11.8 Å². The lowest BCUT2D eigenvalue weighted by Crippen LogP contribution is -2.40. The van der Waals surface area contributed by atoms with Gasteiger partial charge in [-0.05, 0) is 76.3 Å². The van der Waals surface area contributed by atoms with E-state index >= 15 is 0 Å². The van der Waals surface area contributed by atoms with Crippen LogP contribution in [0.4, 0.5) is 0 Å². The van der Waals surface area contributed by atoms with E-state index < -0.39 is 0 Å². The van der Waals surface area contributed by atoms with Gasteiger partial charge in [-0.25, -0.2) is 0 Å². The third-order valence-electron chi connectivity index (χ3n) is 8.12. The van der Waals surface area contributed by atoms with Crippen LogP contribution < -0.4 is 4.74 Å². The summed E-state index contributed by atoms with van der Waals surface area (Å²) in [6.45, 7) is 0.479. The molecule has 5 aliphatic rings. The predicted molar refractivity (Wildman–Crippen MR) is 129 cm³/mol. The fraction of sp³-hybridized carbons (Fsp3) is 0.276. The Bertz CT molecular complexity index is 1330. The maximum Gasteiger partial charge on any atom is 0.254 e. The lowest BCUT2D eigenvalue weighted by Gasteiger charge is -2.37. The van der Waals surface area contributed by atoms with Gasteiger partial charge in [-0.2, -0.15) is 10.1 Å². The number of fused-ring (bicyclic) bond motifs is 1. The highest BCUT2D eigenvalue weighted by Gasteiger charge is 2.67. The Morgan fingerprint density at radius 1 is 0.853 bits per heavy atom. The number of hydrogen-bond donors (Lipinski definition) is 0. The molecule has 5 heteroatoms. The highest BCUT2D eigenvalue weighted by Crippen LogP contribution is 2.65. The zero-order chi connectivity index (χ0) is 22.8. The average Bonchev–Trinajstić information content (AvgIpc) is 3.66. The largest absolute Gasteiger partial charge is 0.489 e. The summed E-state index contributed by atoms with van der Waals surface area (Å²) in [7, 11) is 0. The fourth-order valence-corrected chi connectivity index (χ4v) is 6.41. The van der Waals surface area contributed by atoms with E-state index in [4.69, 9.17) is 4.74 Å². The average molecular weight is 449 g/mol. The molecular weight excluding hydrogens is 424 g/mol. The van der Waals surface area contributed by atoms with E-state index in [0.29, 0.717) is 18.4 Å². The maximum atomic E-state index is 13.0. The Kier molecular flexibility index (Phi) is 4.28. The van der Waals surface area contributed by atoms with Gasteiger partial charge in [0.15, 0.2) is 0 Å². The fourth-order valence-electron chi connectivity index (χ4n) is 6.41. The summed E-state index contributed by atoms with van der Waals surface area (Å²) < 4.78 is 6.01. The summed E-state index contributed by atoms with van der Waals surface area (Å²) in [6.07, 6.45) is 7.11. The normalized spacial score (nSPS) is 30.8. The molecular formula is C29H24N2O3. The summed E-state index contributed by atoms with van der Waals surface area (Å²) in [5.41, 5.74) is 1.95. The Hall–Kier alpha value is -3.73. The Morgan fingerprint density at radius 2 is 1.53 bits per heavy atom. The van der Waals surface area contributed by atoms with Gasteiger partial charge in [-0.15, -0.1) is 0 Å². The van der Waals surface area contributed by atoms with Crippen LogP contribution in [-0.2, 0) is 16.2 Å². The minimum absolute atomic E-state index is 0.133. The second-order valence-corrected chi connectivity index (χ2v) is 9.88. The van der Waals surface area contributed by atoms with E-state index in [1.165, 1.54) is 10.8 Å². The number of hydrogen-bond acceptors (Lipinski definition) is 4. The zero-order valence-corrected chi connectivity index (χ0v) is 18.6. The van der Waals surface area contributed by atoms with Gasteiger partial charge in [-0.1, -0.05) is 54.6 Å². The first-order valence-corrected chi connectivity index (χ1v) is 12.0. The van der Waals surface area contributed by atoms with Crippen LogP contribution in [0.15, 0.2) is 84.0 Å². The van der Waals surface area contributed by atoms with Crippen molar-refractivity contribution in [3.05, 3.63) is 90.0 Å². The van der Waals surface area contributed by atoms with Crippen molar-refractivity contribution < 1.29 is 14.3 Å². The van der Waals surface area contributed by atoms with E-state index in [9.17, 15) is 9.59 Å². The highest BCUT2D eigenvalue weighted by molar-refractivity contribution is 6.06. The third-order valence-corrected chi connectivity index (χ3v) is 8.12. The number of allylic oxidation sites excluding steroid dienone is 2. The van der Waals surface area contributed by atoms with Gasteiger partial charge in [0, 0.05) is 0 Å². The molecule has 0 aromatic heterocycles. The topological polar surface area (TPSA) is 59.0 Å². The van der Waals surface area contributed by atoms with Crippen LogP contribution >= 0.6 is 0 Å². The van der Waals surface area contributed by atoms with Crippen molar-refractivity contribution in [2.24, 2.45) is 40.6 Å². The van der Waals surface area contributed by atoms with Crippen LogP contribution in [0.25, 0.3) is 10.8 Å². The molecule has 0 radical (unpaired) electrons. The predicted octanol–water partition coefficient (Wildman–Crippen LogP) is 4.81.